The highest BCUT2D eigenvalue weighted by Crippen LogP contribution is 2.24. The Bertz CT molecular complexity index is 529. The first kappa shape index (κ1) is 14.8. The van der Waals surface area contributed by atoms with Crippen LogP contribution in [0.1, 0.15) is 18.4 Å². The van der Waals surface area contributed by atoms with Crippen molar-refractivity contribution in [2.75, 3.05) is 20.1 Å². The van der Waals surface area contributed by atoms with E-state index >= 15 is 0 Å². The largest absolute Gasteiger partial charge is 0.302 e. The predicted molar refractivity (Wildman–Crippen MR) is 77.7 cm³/mol. The third kappa shape index (κ3) is 4.76. The van der Waals surface area contributed by atoms with Crippen molar-refractivity contribution in [2.45, 2.75) is 24.6 Å². The van der Waals surface area contributed by atoms with E-state index in [1.165, 1.54) is 12.8 Å². The third-order valence-corrected chi connectivity index (χ3v) is 4.96. The molecular weight excluding hydrogens is 284 g/mol. The van der Waals surface area contributed by atoms with Gasteiger partial charge < -0.3 is 4.90 Å². The summed E-state index contributed by atoms with van der Waals surface area (Å²) < 4.78 is 26.5. The summed E-state index contributed by atoms with van der Waals surface area (Å²) in [5.41, 5.74) is 0.632. The van der Waals surface area contributed by atoms with Crippen LogP contribution in [-0.4, -0.2) is 39.5 Å². The molecule has 19 heavy (non-hydrogen) atoms. The average Bonchev–Trinajstić information content (AvgIpc) is 3.15. The molecule has 0 saturated heterocycles. The first-order valence-corrected chi connectivity index (χ1v) is 8.42. The van der Waals surface area contributed by atoms with Gasteiger partial charge in [0.05, 0.1) is 5.75 Å². The predicted octanol–water partition coefficient (Wildman–Crippen LogP) is 1.85. The smallest absolute Gasteiger partial charge is 0.215 e. The van der Waals surface area contributed by atoms with Crippen molar-refractivity contribution in [1.82, 2.24) is 9.62 Å². The Morgan fingerprint density at radius 3 is 2.68 bits per heavy atom. The molecule has 0 aliphatic heterocycles. The van der Waals surface area contributed by atoms with Crippen LogP contribution < -0.4 is 4.72 Å². The molecule has 1 aliphatic carbocycles. The second kappa shape index (κ2) is 6.22. The summed E-state index contributed by atoms with van der Waals surface area (Å²) in [6.45, 7) is 1.19. The van der Waals surface area contributed by atoms with E-state index in [1.54, 1.807) is 24.3 Å². The molecule has 0 heterocycles. The highest BCUT2D eigenvalue weighted by Gasteiger charge is 2.25. The van der Waals surface area contributed by atoms with Crippen LogP contribution in [0.15, 0.2) is 24.3 Å². The minimum Gasteiger partial charge on any atom is -0.302 e. The standard InChI is InChI=1S/C13H19ClN2O2S/c1-16(12-6-7-12)9-8-15-19(17,18)10-11-4-2-3-5-13(11)14/h2-5,12,15H,6-10H2,1H3. The van der Waals surface area contributed by atoms with Crippen molar-refractivity contribution >= 4 is 21.6 Å². The summed E-state index contributed by atoms with van der Waals surface area (Å²) in [6.07, 6.45) is 2.45. The van der Waals surface area contributed by atoms with Crippen LogP contribution in [-0.2, 0) is 15.8 Å². The van der Waals surface area contributed by atoms with Gasteiger partial charge in [-0.05, 0) is 31.5 Å². The number of sulfonamides is 1. The highest BCUT2D eigenvalue weighted by atomic mass is 35.5. The van der Waals surface area contributed by atoms with Gasteiger partial charge in [-0.3, -0.25) is 0 Å². The zero-order valence-electron chi connectivity index (χ0n) is 11.0. The van der Waals surface area contributed by atoms with Crippen LogP contribution in [0.3, 0.4) is 0 Å². The molecule has 0 unspecified atom stereocenters. The molecular formula is C13H19ClN2O2S. The van der Waals surface area contributed by atoms with Gasteiger partial charge in [-0.15, -0.1) is 0 Å². The summed E-state index contributed by atoms with van der Waals surface area (Å²) in [6, 6.07) is 7.66. The Kier molecular flexibility index (Phi) is 4.84. The lowest BCUT2D eigenvalue weighted by molar-refractivity contribution is 0.329. The molecule has 1 N–H and O–H groups in total. The van der Waals surface area contributed by atoms with E-state index in [0.717, 1.165) is 6.54 Å². The molecule has 4 nitrogen and oxygen atoms in total. The molecule has 106 valence electrons. The average molecular weight is 303 g/mol. The monoisotopic (exact) mass is 302 g/mol. The molecule has 0 aromatic heterocycles. The van der Waals surface area contributed by atoms with Crippen LogP contribution in [0.4, 0.5) is 0 Å². The zero-order valence-corrected chi connectivity index (χ0v) is 12.5. The van der Waals surface area contributed by atoms with Crippen molar-refractivity contribution in [3.05, 3.63) is 34.9 Å². The van der Waals surface area contributed by atoms with Crippen molar-refractivity contribution in [1.29, 1.82) is 0 Å². The Balaban J connectivity index is 1.83. The number of hydrogen-bond donors (Lipinski definition) is 1. The highest BCUT2D eigenvalue weighted by molar-refractivity contribution is 7.88. The zero-order chi connectivity index (χ0) is 13.9. The maximum atomic E-state index is 11.9. The van der Waals surface area contributed by atoms with E-state index in [4.69, 9.17) is 11.6 Å². The number of likely N-dealkylation sites (N-methyl/N-ethyl adjacent to an activating group) is 1. The Hall–Kier alpha value is -0.620. The lowest BCUT2D eigenvalue weighted by Gasteiger charge is -2.15. The summed E-state index contributed by atoms with van der Waals surface area (Å²) >= 11 is 5.96. The van der Waals surface area contributed by atoms with E-state index in [0.29, 0.717) is 23.2 Å². The topological polar surface area (TPSA) is 49.4 Å². The molecule has 0 atom stereocenters. The number of hydrogen-bond acceptors (Lipinski definition) is 3. The number of nitrogens with zero attached hydrogens (tertiary/aromatic N) is 1. The second-order valence-corrected chi connectivity index (χ2v) is 7.17. The first-order valence-electron chi connectivity index (χ1n) is 6.39. The van der Waals surface area contributed by atoms with Gasteiger partial charge in [0, 0.05) is 24.2 Å². The van der Waals surface area contributed by atoms with E-state index in [1.807, 2.05) is 7.05 Å². The van der Waals surface area contributed by atoms with Crippen LogP contribution in [0.5, 0.6) is 0 Å². The molecule has 0 radical (unpaired) electrons. The van der Waals surface area contributed by atoms with Crippen LogP contribution in [0.2, 0.25) is 5.02 Å². The van der Waals surface area contributed by atoms with Gasteiger partial charge in [0.25, 0.3) is 0 Å². The Morgan fingerprint density at radius 1 is 1.37 bits per heavy atom. The fourth-order valence-corrected chi connectivity index (χ4v) is 3.39. The molecule has 1 aromatic carbocycles. The lowest BCUT2D eigenvalue weighted by atomic mass is 10.2. The van der Waals surface area contributed by atoms with Gasteiger partial charge in [0.1, 0.15) is 0 Å². The normalized spacial score (nSPS) is 15.9. The molecule has 1 aliphatic rings. The molecule has 0 amide bonds. The Morgan fingerprint density at radius 2 is 2.05 bits per heavy atom. The number of benzene rings is 1. The molecule has 2 rings (SSSR count). The van der Waals surface area contributed by atoms with Crippen molar-refractivity contribution in [3.63, 3.8) is 0 Å². The van der Waals surface area contributed by atoms with Gasteiger partial charge in [0.2, 0.25) is 10.0 Å². The molecule has 0 spiro atoms. The fourth-order valence-electron chi connectivity index (χ4n) is 1.95. The maximum absolute atomic E-state index is 11.9. The molecule has 0 bridgehead atoms. The molecule has 6 heteroatoms. The van der Waals surface area contributed by atoms with E-state index < -0.39 is 10.0 Å². The number of halogens is 1. The quantitative estimate of drug-likeness (QED) is 0.836. The lowest BCUT2D eigenvalue weighted by Crippen LogP contribution is -2.34. The van der Waals surface area contributed by atoms with Crippen LogP contribution >= 0.6 is 11.6 Å². The minimum absolute atomic E-state index is 0.0696. The van der Waals surface area contributed by atoms with Crippen molar-refractivity contribution < 1.29 is 8.42 Å². The SMILES string of the molecule is CN(CCNS(=O)(=O)Cc1ccccc1Cl)C1CC1. The summed E-state index contributed by atoms with van der Waals surface area (Å²) in [4.78, 5) is 2.19. The maximum Gasteiger partial charge on any atom is 0.215 e. The van der Waals surface area contributed by atoms with Crippen molar-refractivity contribution in [3.8, 4) is 0 Å². The minimum atomic E-state index is -3.32. The molecule has 1 fully saturated rings. The second-order valence-electron chi connectivity index (χ2n) is 4.96. The van der Waals surface area contributed by atoms with Gasteiger partial charge in [-0.2, -0.15) is 0 Å². The summed E-state index contributed by atoms with van der Waals surface area (Å²) in [5, 5.41) is 0.489. The van der Waals surface area contributed by atoms with E-state index in [2.05, 4.69) is 9.62 Å². The first-order chi connectivity index (χ1) is 8.98. The molecule has 1 aromatic rings. The number of nitrogens with one attached hydrogen (secondary N) is 1. The van der Waals surface area contributed by atoms with Gasteiger partial charge >= 0.3 is 0 Å². The Labute approximate surface area is 119 Å². The van der Waals surface area contributed by atoms with E-state index in [9.17, 15) is 8.42 Å². The van der Waals surface area contributed by atoms with E-state index in [-0.39, 0.29) is 5.75 Å². The molecule has 1 saturated carbocycles. The number of rotatable bonds is 7. The van der Waals surface area contributed by atoms with Crippen LogP contribution in [0.25, 0.3) is 0 Å². The van der Waals surface area contributed by atoms with Crippen LogP contribution in [0, 0.1) is 0 Å². The summed E-state index contributed by atoms with van der Waals surface area (Å²) in [7, 11) is -1.29. The fraction of sp³-hybridized carbons (Fsp3) is 0.538. The third-order valence-electron chi connectivity index (χ3n) is 3.26. The summed E-state index contributed by atoms with van der Waals surface area (Å²) in [5.74, 6) is -0.0696. The van der Waals surface area contributed by atoms with Crippen molar-refractivity contribution in [2.24, 2.45) is 0 Å². The van der Waals surface area contributed by atoms with Gasteiger partial charge in [-0.1, -0.05) is 29.8 Å². The van der Waals surface area contributed by atoms with Gasteiger partial charge in [0.15, 0.2) is 0 Å². The van der Waals surface area contributed by atoms with Gasteiger partial charge in [-0.25, -0.2) is 13.1 Å².